The summed E-state index contributed by atoms with van der Waals surface area (Å²) in [7, 11) is 0. The lowest BCUT2D eigenvalue weighted by molar-refractivity contribution is 0.196. The average molecular weight is 368 g/mol. The van der Waals surface area contributed by atoms with Crippen LogP contribution in [0.1, 0.15) is 37.8 Å². The van der Waals surface area contributed by atoms with Gasteiger partial charge in [-0.3, -0.25) is 0 Å². The summed E-state index contributed by atoms with van der Waals surface area (Å²) in [5, 5.41) is 5.57. The Hall–Kier alpha value is -2.40. The monoisotopic (exact) mass is 367 g/mol. The third-order valence-corrected chi connectivity index (χ3v) is 6.06. The Morgan fingerprint density at radius 2 is 2.04 bits per heavy atom. The van der Waals surface area contributed by atoms with E-state index in [-0.39, 0.29) is 6.17 Å². The number of benzene rings is 1. The largest absolute Gasteiger partial charge is 0.382 e. The zero-order valence-electron chi connectivity index (χ0n) is 14.5. The number of nitrogens with two attached hydrogens (primary N) is 1. The van der Waals surface area contributed by atoms with Crippen LogP contribution in [0.25, 0.3) is 16.6 Å². The van der Waals surface area contributed by atoms with E-state index in [0.29, 0.717) is 11.8 Å². The maximum Gasteiger partial charge on any atom is 0.149 e. The fraction of sp³-hybridized carbons (Fsp3) is 0.350. The van der Waals surface area contributed by atoms with Gasteiger partial charge >= 0.3 is 0 Å². The predicted octanol–water partition coefficient (Wildman–Crippen LogP) is 4.14. The van der Waals surface area contributed by atoms with Crippen LogP contribution < -0.4 is 11.1 Å². The molecule has 134 valence electrons. The molecular weight excluding hydrogens is 346 g/mol. The first-order valence-electron chi connectivity index (χ1n) is 9.29. The van der Waals surface area contributed by atoms with Crippen molar-refractivity contribution in [3.63, 3.8) is 0 Å². The molecule has 0 bridgehead atoms. The van der Waals surface area contributed by atoms with Crippen molar-refractivity contribution in [2.45, 2.75) is 38.3 Å². The standard InChI is InChI=1S/C20H22ClN5/c21-14-8-4-7-13-11-15(24-16(13)14)17-18-19(22)23-9-10-26(18)20(25-17)12-5-2-1-3-6-12/h4,7-12,20,24-25H,1-3,5-6H2,(H2,22,23). The molecule has 2 aromatic rings. The summed E-state index contributed by atoms with van der Waals surface area (Å²) in [6, 6.07) is 8.07. The SMILES string of the molecule is NC1=NC=CN2C1=C(c1cc3cccc(Cl)c3[nH]1)NC2C1CCCCC1. The molecule has 1 saturated carbocycles. The number of hydrogen-bond acceptors (Lipinski definition) is 4. The molecule has 5 nitrogen and oxygen atoms in total. The van der Waals surface area contributed by atoms with E-state index in [0.717, 1.165) is 33.0 Å². The molecule has 1 aromatic carbocycles. The first kappa shape index (κ1) is 15.8. The van der Waals surface area contributed by atoms with Gasteiger partial charge in [-0.05, 0) is 30.9 Å². The smallest absolute Gasteiger partial charge is 0.149 e. The Labute approximate surface area is 157 Å². The molecule has 1 aliphatic carbocycles. The van der Waals surface area contributed by atoms with Gasteiger partial charge in [0.15, 0.2) is 0 Å². The number of aliphatic imine (C=N–C) groups is 1. The van der Waals surface area contributed by atoms with Crippen molar-refractivity contribution in [3.05, 3.63) is 53.1 Å². The van der Waals surface area contributed by atoms with Crippen molar-refractivity contribution in [1.29, 1.82) is 0 Å². The molecule has 1 fully saturated rings. The Bertz CT molecular complexity index is 948. The van der Waals surface area contributed by atoms with Gasteiger partial charge in [-0.1, -0.05) is 43.0 Å². The van der Waals surface area contributed by atoms with Crippen LogP contribution in [-0.2, 0) is 0 Å². The van der Waals surface area contributed by atoms with Crippen LogP contribution >= 0.6 is 11.6 Å². The highest BCUT2D eigenvalue weighted by molar-refractivity contribution is 6.35. The van der Waals surface area contributed by atoms with E-state index in [1.165, 1.54) is 32.1 Å². The quantitative estimate of drug-likeness (QED) is 0.747. The normalized spacial score (nSPS) is 23.3. The van der Waals surface area contributed by atoms with Crippen LogP contribution in [-0.4, -0.2) is 21.9 Å². The van der Waals surface area contributed by atoms with Gasteiger partial charge in [0, 0.05) is 17.8 Å². The van der Waals surface area contributed by atoms with Crippen molar-refractivity contribution in [1.82, 2.24) is 15.2 Å². The second kappa shape index (κ2) is 6.09. The number of aromatic nitrogens is 1. The minimum atomic E-state index is 0.229. The Morgan fingerprint density at radius 3 is 2.85 bits per heavy atom. The zero-order valence-corrected chi connectivity index (χ0v) is 15.3. The lowest BCUT2D eigenvalue weighted by Crippen LogP contribution is -2.43. The molecular formula is C20H22ClN5. The van der Waals surface area contributed by atoms with E-state index in [1.807, 2.05) is 18.3 Å². The van der Waals surface area contributed by atoms with Gasteiger partial charge in [0.1, 0.15) is 17.7 Å². The summed E-state index contributed by atoms with van der Waals surface area (Å²) in [5.41, 5.74) is 10.2. The van der Waals surface area contributed by atoms with E-state index in [9.17, 15) is 0 Å². The van der Waals surface area contributed by atoms with Gasteiger partial charge in [-0.15, -0.1) is 0 Å². The highest BCUT2D eigenvalue weighted by atomic mass is 35.5. The number of amidine groups is 1. The van der Waals surface area contributed by atoms with Crippen molar-refractivity contribution in [3.8, 4) is 0 Å². The van der Waals surface area contributed by atoms with Gasteiger partial charge < -0.3 is 20.9 Å². The number of H-pyrrole nitrogens is 1. The minimum Gasteiger partial charge on any atom is -0.382 e. The van der Waals surface area contributed by atoms with Gasteiger partial charge in [-0.2, -0.15) is 0 Å². The highest BCUT2D eigenvalue weighted by Gasteiger charge is 2.39. The van der Waals surface area contributed by atoms with Crippen molar-refractivity contribution >= 4 is 34.0 Å². The van der Waals surface area contributed by atoms with E-state index in [2.05, 4.69) is 32.3 Å². The Kier molecular flexibility index (Phi) is 3.71. The number of nitrogens with zero attached hydrogens (tertiary/aromatic N) is 2. The fourth-order valence-electron chi connectivity index (χ4n) is 4.48. The molecule has 1 atom stereocenters. The maximum absolute atomic E-state index is 6.36. The van der Waals surface area contributed by atoms with Crippen LogP contribution in [0.15, 0.2) is 47.4 Å². The molecule has 1 aromatic heterocycles. The summed E-state index contributed by atoms with van der Waals surface area (Å²) in [6.45, 7) is 0. The molecule has 4 N–H and O–H groups in total. The first-order chi connectivity index (χ1) is 12.7. The van der Waals surface area contributed by atoms with Gasteiger partial charge in [0.05, 0.1) is 21.9 Å². The van der Waals surface area contributed by atoms with E-state index >= 15 is 0 Å². The molecule has 2 aliphatic heterocycles. The number of fused-ring (bicyclic) bond motifs is 2. The predicted molar refractivity (Wildman–Crippen MR) is 106 cm³/mol. The summed E-state index contributed by atoms with van der Waals surface area (Å²) < 4.78 is 0. The molecule has 1 unspecified atom stereocenters. The summed E-state index contributed by atoms with van der Waals surface area (Å²) in [5.74, 6) is 1.16. The maximum atomic E-state index is 6.36. The molecule has 6 heteroatoms. The Balaban J connectivity index is 1.59. The summed E-state index contributed by atoms with van der Waals surface area (Å²) in [4.78, 5) is 10.1. The highest BCUT2D eigenvalue weighted by Crippen LogP contribution is 2.38. The number of halogens is 1. The van der Waals surface area contributed by atoms with Crippen LogP contribution in [0.5, 0.6) is 0 Å². The van der Waals surface area contributed by atoms with Gasteiger partial charge in [0.2, 0.25) is 0 Å². The van der Waals surface area contributed by atoms with E-state index < -0.39 is 0 Å². The molecule has 3 aliphatic rings. The molecule has 0 radical (unpaired) electrons. The zero-order chi connectivity index (χ0) is 17.7. The lowest BCUT2D eigenvalue weighted by atomic mass is 9.86. The lowest BCUT2D eigenvalue weighted by Gasteiger charge is -2.35. The number of aromatic amines is 1. The van der Waals surface area contributed by atoms with Crippen LogP contribution in [0, 0.1) is 5.92 Å². The Morgan fingerprint density at radius 1 is 1.19 bits per heavy atom. The third-order valence-electron chi connectivity index (χ3n) is 5.74. The molecule has 5 rings (SSSR count). The average Bonchev–Trinajstić information content (AvgIpc) is 3.25. The number of hydrogen-bond donors (Lipinski definition) is 3. The molecule has 0 spiro atoms. The van der Waals surface area contributed by atoms with Crippen LogP contribution in [0.4, 0.5) is 0 Å². The topological polar surface area (TPSA) is 69.4 Å². The molecule has 26 heavy (non-hydrogen) atoms. The van der Waals surface area contributed by atoms with Crippen molar-refractivity contribution in [2.24, 2.45) is 16.6 Å². The molecule has 3 heterocycles. The van der Waals surface area contributed by atoms with E-state index in [1.54, 1.807) is 6.20 Å². The second-order valence-electron chi connectivity index (χ2n) is 7.32. The second-order valence-corrected chi connectivity index (χ2v) is 7.72. The van der Waals surface area contributed by atoms with Gasteiger partial charge in [0.25, 0.3) is 0 Å². The first-order valence-corrected chi connectivity index (χ1v) is 9.67. The third kappa shape index (κ3) is 2.42. The van der Waals surface area contributed by atoms with Crippen LogP contribution in [0.3, 0.4) is 0 Å². The van der Waals surface area contributed by atoms with Crippen LogP contribution in [0.2, 0.25) is 5.02 Å². The fourth-order valence-corrected chi connectivity index (χ4v) is 4.71. The number of rotatable bonds is 2. The van der Waals surface area contributed by atoms with E-state index in [4.69, 9.17) is 17.3 Å². The van der Waals surface area contributed by atoms with Crippen molar-refractivity contribution < 1.29 is 0 Å². The minimum absolute atomic E-state index is 0.229. The molecule has 0 saturated heterocycles. The number of para-hydroxylation sites is 1. The summed E-state index contributed by atoms with van der Waals surface area (Å²) >= 11 is 6.36. The number of nitrogens with one attached hydrogen (secondary N) is 2. The van der Waals surface area contributed by atoms with Crippen molar-refractivity contribution in [2.75, 3.05) is 0 Å². The summed E-state index contributed by atoms with van der Waals surface area (Å²) in [6.07, 6.45) is 10.5. The van der Waals surface area contributed by atoms with Gasteiger partial charge in [-0.25, -0.2) is 4.99 Å². The molecule has 0 amide bonds.